The normalized spacial score (nSPS) is 19.9. The van der Waals surface area contributed by atoms with Crippen LogP contribution in [0.5, 0.6) is 0 Å². The molecule has 402 valence electrons. The molecule has 12 nitrogen and oxygen atoms in total. The van der Waals surface area contributed by atoms with Crippen molar-refractivity contribution in [3.63, 3.8) is 0 Å². The zero-order chi connectivity index (χ0) is 49.8. The summed E-state index contributed by atoms with van der Waals surface area (Å²) in [5.41, 5.74) is 0. The average Bonchev–Trinajstić information content (AvgIpc) is 3.31. The van der Waals surface area contributed by atoms with Gasteiger partial charge in [-0.15, -0.1) is 0 Å². The third kappa shape index (κ3) is 37.4. The van der Waals surface area contributed by atoms with Gasteiger partial charge >= 0.3 is 10.4 Å². The van der Waals surface area contributed by atoms with Crippen LogP contribution in [0.3, 0.4) is 0 Å². The van der Waals surface area contributed by atoms with E-state index in [9.17, 15) is 38.2 Å². The molecule has 0 aromatic rings. The Morgan fingerprint density at radius 2 is 0.941 bits per heavy atom. The number of carbonyl (C=O) groups excluding carboxylic acids is 1. The number of hydrogen-bond acceptors (Lipinski definition) is 10. The summed E-state index contributed by atoms with van der Waals surface area (Å²) in [6.07, 6.45) is 46.4. The predicted octanol–water partition coefficient (Wildman–Crippen LogP) is 12.8. The first-order valence-corrected chi connectivity index (χ1v) is 29.6. The van der Waals surface area contributed by atoms with Crippen LogP contribution in [0.1, 0.15) is 264 Å². The number of ether oxygens (including phenoxy) is 2. The minimum Gasteiger partial charge on any atom is -0.394 e. The Bertz CT molecular complexity index is 1300. The molecule has 0 aliphatic carbocycles. The Balaban J connectivity index is 2.40. The first kappa shape index (κ1) is 64.6. The molecule has 0 aromatic heterocycles. The van der Waals surface area contributed by atoms with Crippen LogP contribution in [0, 0.1) is 0 Å². The summed E-state index contributed by atoms with van der Waals surface area (Å²) in [7, 11) is -5.09. The third-order valence-electron chi connectivity index (χ3n) is 13.5. The topological polar surface area (TPSA) is 192 Å². The summed E-state index contributed by atoms with van der Waals surface area (Å²) in [6, 6.07) is -0.945. The van der Waals surface area contributed by atoms with Crippen LogP contribution >= 0.6 is 0 Å². The molecule has 0 spiro atoms. The molecule has 0 aromatic carbocycles. The van der Waals surface area contributed by atoms with E-state index in [2.05, 4.69) is 35.5 Å². The number of carbonyl (C=O) groups is 1. The minimum atomic E-state index is -5.09. The lowest BCUT2D eigenvalue weighted by Gasteiger charge is -2.41. The first-order chi connectivity index (χ1) is 33.0. The van der Waals surface area contributed by atoms with Crippen molar-refractivity contribution in [2.45, 2.75) is 307 Å². The van der Waals surface area contributed by atoms with Gasteiger partial charge in [-0.2, -0.15) is 8.42 Å². The van der Waals surface area contributed by atoms with Crippen molar-refractivity contribution in [1.82, 2.24) is 5.32 Å². The second-order valence-corrected chi connectivity index (χ2v) is 20.9. The molecule has 0 bridgehead atoms. The van der Waals surface area contributed by atoms with Crippen LogP contribution in [0.15, 0.2) is 24.3 Å². The maximum absolute atomic E-state index is 13.1. The quantitative estimate of drug-likeness (QED) is 0.0193. The lowest BCUT2D eigenvalue weighted by molar-refractivity contribution is -0.298. The van der Waals surface area contributed by atoms with E-state index in [1.165, 1.54) is 193 Å². The molecule has 1 aliphatic rings. The SMILES string of the molecule is CCCCCCCCCCCCC/C=C\CCCCCCCCCC(=O)NC(COC1OC(CO)C(O)C(OS(=O)(=O)O)C1O)C(O)/C=C/CCCCCCCCCCCCCCCCCCC. The van der Waals surface area contributed by atoms with Crippen LogP contribution < -0.4 is 5.32 Å². The summed E-state index contributed by atoms with van der Waals surface area (Å²) >= 11 is 0. The van der Waals surface area contributed by atoms with E-state index in [0.717, 1.165) is 44.9 Å². The Labute approximate surface area is 416 Å². The molecule has 1 rings (SSSR count). The Hall–Kier alpha value is -1.42. The Kier molecular flexibility index (Phi) is 43.2. The molecule has 1 heterocycles. The zero-order valence-electron chi connectivity index (χ0n) is 43.4. The predicted molar refractivity (Wildman–Crippen MR) is 278 cm³/mol. The molecular weight excluding hydrogens is 883 g/mol. The molecule has 0 radical (unpaired) electrons. The third-order valence-corrected chi connectivity index (χ3v) is 13.9. The van der Waals surface area contributed by atoms with Crippen molar-refractivity contribution in [2.75, 3.05) is 13.2 Å². The number of allylic oxidation sites excluding steroid dienone is 3. The first-order valence-electron chi connectivity index (χ1n) is 28.2. The zero-order valence-corrected chi connectivity index (χ0v) is 44.3. The van der Waals surface area contributed by atoms with Gasteiger partial charge < -0.3 is 35.2 Å². The number of aliphatic hydroxyl groups excluding tert-OH is 4. The van der Waals surface area contributed by atoms with E-state index in [1.807, 2.05) is 6.08 Å². The fraction of sp³-hybridized carbons (Fsp3) is 0.909. The monoisotopic (exact) mass is 988 g/mol. The van der Waals surface area contributed by atoms with Crippen molar-refractivity contribution >= 4 is 16.3 Å². The van der Waals surface area contributed by atoms with Gasteiger partial charge in [0.15, 0.2) is 6.29 Å². The fourth-order valence-corrected chi connectivity index (χ4v) is 9.61. The van der Waals surface area contributed by atoms with Gasteiger partial charge in [0.25, 0.3) is 0 Å². The second-order valence-electron chi connectivity index (χ2n) is 19.9. The Morgan fingerprint density at radius 1 is 0.574 bits per heavy atom. The highest BCUT2D eigenvalue weighted by Crippen LogP contribution is 2.26. The minimum absolute atomic E-state index is 0.263. The molecule has 7 atom stereocenters. The summed E-state index contributed by atoms with van der Waals surface area (Å²) in [5, 5.41) is 44.9. The van der Waals surface area contributed by atoms with Gasteiger partial charge in [-0.25, -0.2) is 4.18 Å². The molecule has 7 unspecified atom stereocenters. The maximum atomic E-state index is 13.1. The van der Waals surface area contributed by atoms with Gasteiger partial charge in [0.1, 0.15) is 24.4 Å². The number of unbranched alkanes of at least 4 members (excludes halogenated alkanes) is 35. The van der Waals surface area contributed by atoms with Gasteiger partial charge in [-0.3, -0.25) is 9.35 Å². The fourth-order valence-electron chi connectivity index (χ4n) is 9.10. The molecule has 0 saturated carbocycles. The second kappa shape index (κ2) is 45.4. The highest BCUT2D eigenvalue weighted by Gasteiger charge is 2.48. The molecular formula is C55H105NO11S. The van der Waals surface area contributed by atoms with Crippen molar-refractivity contribution < 1.29 is 51.8 Å². The number of amides is 1. The van der Waals surface area contributed by atoms with E-state index in [4.69, 9.17) is 9.47 Å². The van der Waals surface area contributed by atoms with E-state index < -0.39 is 59.9 Å². The number of aliphatic hydroxyl groups is 4. The van der Waals surface area contributed by atoms with E-state index in [1.54, 1.807) is 6.08 Å². The van der Waals surface area contributed by atoms with Gasteiger partial charge in [-0.1, -0.05) is 237 Å². The molecule has 1 amide bonds. The van der Waals surface area contributed by atoms with E-state index >= 15 is 0 Å². The van der Waals surface area contributed by atoms with Crippen molar-refractivity contribution in [1.29, 1.82) is 0 Å². The molecule has 6 N–H and O–H groups in total. The maximum Gasteiger partial charge on any atom is 0.397 e. The van der Waals surface area contributed by atoms with Crippen LogP contribution in [0.2, 0.25) is 0 Å². The van der Waals surface area contributed by atoms with Crippen LogP contribution in [-0.2, 0) is 28.9 Å². The summed E-state index contributed by atoms with van der Waals surface area (Å²) in [5.74, 6) is -0.263. The lowest BCUT2D eigenvalue weighted by atomic mass is 9.99. The summed E-state index contributed by atoms with van der Waals surface area (Å²) in [4.78, 5) is 13.1. The average molecular weight is 989 g/mol. The number of nitrogens with one attached hydrogen (secondary N) is 1. The van der Waals surface area contributed by atoms with Crippen molar-refractivity contribution in [3.05, 3.63) is 24.3 Å². The molecule has 68 heavy (non-hydrogen) atoms. The highest BCUT2D eigenvalue weighted by molar-refractivity contribution is 7.80. The summed E-state index contributed by atoms with van der Waals surface area (Å²) in [6.45, 7) is 3.43. The van der Waals surface area contributed by atoms with E-state index in [-0.39, 0.29) is 18.9 Å². The van der Waals surface area contributed by atoms with Gasteiger partial charge in [0.2, 0.25) is 5.91 Å². The van der Waals surface area contributed by atoms with Gasteiger partial charge in [0, 0.05) is 6.42 Å². The van der Waals surface area contributed by atoms with E-state index in [0.29, 0.717) is 6.42 Å². The highest BCUT2D eigenvalue weighted by atomic mass is 32.3. The smallest absolute Gasteiger partial charge is 0.394 e. The van der Waals surface area contributed by atoms with Crippen LogP contribution in [-0.4, -0.2) is 95.4 Å². The summed E-state index contributed by atoms with van der Waals surface area (Å²) < 4.78 is 47.8. The van der Waals surface area contributed by atoms with Crippen molar-refractivity contribution in [3.8, 4) is 0 Å². The number of rotatable bonds is 49. The molecule has 1 aliphatic heterocycles. The van der Waals surface area contributed by atoms with Crippen LogP contribution in [0.25, 0.3) is 0 Å². The van der Waals surface area contributed by atoms with Crippen molar-refractivity contribution in [2.24, 2.45) is 0 Å². The van der Waals surface area contributed by atoms with Gasteiger partial charge in [-0.05, 0) is 44.9 Å². The van der Waals surface area contributed by atoms with Gasteiger partial charge in [0.05, 0.1) is 25.4 Å². The molecule has 1 saturated heterocycles. The number of hydrogen-bond donors (Lipinski definition) is 6. The largest absolute Gasteiger partial charge is 0.397 e. The lowest BCUT2D eigenvalue weighted by Crippen LogP contribution is -2.61. The standard InChI is InChI=1S/C55H105NO11S/c1-3-5-7-9-11-13-15-17-19-21-23-24-25-27-29-31-33-35-37-39-41-43-45-51(59)56-48(47-65-55-53(61)54(67-68(62,63)64)52(60)50(46-57)66-55)49(58)44-42-40-38-36-34-32-30-28-26-22-20-18-16-14-12-10-8-6-4-2/h25,27,42,44,48-50,52-55,57-58,60-61H,3-24,26,28-41,43,45-47H2,1-2H3,(H,56,59)(H,62,63,64)/b27-25-,44-42+. The molecule has 1 fully saturated rings. The molecule has 13 heteroatoms. The van der Waals surface area contributed by atoms with Crippen LogP contribution in [0.4, 0.5) is 0 Å². The Morgan fingerprint density at radius 3 is 1.32 bits per heavy atom.